The van der Waals surface area contributed by atoms with Crippen molar-refractivity contribution in [3.05, 3.63) is 188 Å². The summed E-state index contributed by atoms with van der Waals surface area (Å²) in [5.74, 6) is 3.05. The largest absolute Gasteiger partial charge is 0.456 e. The molecule has 4 aromatic heterocycles. The van der Waals surface area contributed by atoms with Crippen molar-refractivity contribution in [3.63, 3.8) is 0 Å². The van der Waals surface area contributed by atoms with Crippen LogP contribution in [0.5, 0.6) is 23.0 Å². The second kappa shape index (κ2) is 22.9. The van der Waals surface area contributed by atoms with Crippen LogP contribution in [0.3, 0.4) is 0 Å². The van der Waals surface area contributed by atoms with Crippen molar-refractivity contribution in [2.45, 2.75) is 39.8 Å². The SMILES string of the molecule is CC(=O)Nc1cncc(CNc2ccc3c(c2)Cc2cccc(-c4cc(N5CCOCC5)cc(=O)[nH]4)c2O3)c1.CCNc1cncc(CNc2ccc3c(c2)Cc2cccc(-c4cc(N5CCOCC5)cc(=O)[nH]4)c2O3)c1. The van der Waals surface area contributed by atoms with Crippen LogP contribution in [0.15, 0.2) is 144 Å². The van der Waals surface area contributed by atoms with Crippen LogP contribution in [0.25, 0.3) is 22.5 Å². The number of morpholine rings is 2. The zero-order valence-corrected chi connectivity index (χ0v) is 43.0. The summed E-state index contributed by atoms with van der Waals surface area (Å²) >= 11 is 0. The molecule has 0 unspecified atom stereocenters. The van der Waals surface area contributed by atoms with Crippen LogP contribution < -0.4 is 51.7 Å². The number of aromatic nitrogens is 4. The number of para-hydroxylation sites is 2. The lowest BCUT2D eigenvalue weighted by atomic mass is 9.96. The number of carbonyl (C=O) groups excluding carboxylic acids is 1. The van der Waals surface area contributed by atoms with Crippen LogP contribution >= 0.6 is 0 Å². The highest BCUT2D eigenvalue weighted by Crippen LogP contribution is 2.45. The fourth-order valence-corrected chi connectivity index (χ4v) is 10.1. The van der Waals surface area contributed by atoms with E-state index < -0.39 is 0 Å². The second-order valence-corrected chi connectivity index (χ2v) is 19.3. The average Bonchev–Trinajstić information content (AvgIpc) is 3.46. The number of pyridine rings is 4. The quantitative estimate of drug-likeness (QED) is 0.0638. The summed E-state index contributed by atoms with van der Waals surface area (Å²) in [5.41, 5.74) is 14.9. The third-order valence-corrected chi connectivity index (χ3v) is 13.8. The topological polar surface area (TPSA) is 200 Å². The van der Waals surface area contributed by atoms with Crippen LogP contribution in [0, 0.1) is 0 Å². The van der Waals surface area contributed by atoms with Gasteiger partial charge in [-0.2, -0.15) is 0 Å². The smallest absolute Gasteiger partial charge is 0.250 e. The number of hydrogen-bond donors (Lipinski definition) is 6. The Balaban J connectivity index is 0.000000164. The Morgan fingerprint density at radius 1 is 0.545 bits per heavy atom. The van der Waals surface area contributed by atoms with Gasteiger partial charge in [-0.05, 0) is 102 Å². The van der Waals surface area contributed by atoms with Gasteiger partial charge in [-0.15, -0.1) is 0 Å². The number of anilines is 6. The molecule has 2 fully saturated rings. The van der Waals surface area contributed by atoms with Gasteiger partial charge in [-0.25, -0.2) is 0 Å². The van der Waals surface area contributed by atoms with Gasteiger partial charge in [0.05, 0.1) is 55.4 Å². The van der Waals surface area contributed by atoms with Crippen molar-refractivity contribution in [1.29, 1.82) is 0 Å². The number of carbonyl (C=O) groups is 1. The van der Waals surface area contributed by atoms with Crippen LogP contribution in [-0.2, 0) is 40.2 Å². The number of ether oxygens (including phenoxy) is 4. The molecule has 0 saturated carbocycles. The maximum Gasteiger partial charge on any atom is 0.250 e. The molecule has 0 radical (unpaired) electrons. The number of rotatable bonds is 13. The molecule has 12 rings (SSSR count). The van der Waals surface area contributed by atoms with Crippen LogP contribution in [0.1, 0.15) is 47.2 Å². The first-order valence-corrected chi connectivity index (χ1v) is 26.1. The molecule has 4 aromatic carbocycles. The van der Waals surface area contributed by atoms with Gasteiger partial charge in [0.15, 0.2) is 0 Å². The molecule has 6 N–H and O–H groups in total. The monoisotopic (exact) mass is 1030 g/mol. The summed E-state index contributed by atoms with van der Waals surface area (Å²) in [6.07, 6.45) is 8.58. The number of hydrogen-bond acceptors (Lipinski definition) is 14. The molecular weight excluding hydrogens is 973 g/mol. The molecule has 8 heterocycles. The van der Waals surface area contributed by atoms with Crippen LogP contribution in [0.4, 0.5) is 34.1 Å². The zero-order chi connectivity index (χ0) is 52.7. The van der Waals surface area contributed by atoms with E-state index in [-0.39, 0.29) is 17.0 Å². The van der Waals surface area contributed by atoms with E-state index >= 15 is 0 Å². The first kappa shape index (κ1) is 50.2. The van der Waals surface area contributed by atoms with E-state index in [9.17, 15) is 14.4 Å². The Labute approximate surface area is 445 Å². The molecule has 0 aliphatic carbocycles. The third-order valence-electron chi connectivity index (χ3n) is 13.8. The summed E-state index contributed by atoms with van der Waals surface area (Å²) in [7, 11) is 0. The van der Waals surface area contributed by atoms with E-state index in [0.717, 1.165) is 146 Å². The molecular formula is C60H60N10O7. The first-order chi connectivity index (χ1) is 37.7. The number of aromatic amines is 2. The molecule has 8 aromatic rings. The Morgan fingerprint density at radius 3 is 1.51 bits per heavy atom. The fourth-order valence-electron chi connectivity index (χ4n) is 10.1. The van der Waals surface area contributed by atoms with Crippen molar-refractivity contribution in [3.8, 4) is 45.5 Å². The van der Waals surface area contributed by atoms with Gasteiger partial charge in [-0.1, -0.05) is 24.3 Å². The number of amides is 1. The van der Waals surface area contributed by atoms with E-state index in [1.807, 2.05) is 79.1 Å². The lowest BCUT2D eigenvalue weighted by Crippen LogP contribution is -2.36. The van der Waals surface area contributed by atoms with Gasteiger partial charge in [0.25, 0.3) is 0 Å². The second-order valence-electron chi connectivity index (χ2n) is 19.3. The molecule has 1 amide bonds. The number of nitrogens with one attached hydrogen (secondary N) is 6. The van der Waals surface area contributed by atoms with E-state index in [0.29, 0.717) is 51.6 Å². The fraction of sp³-hybridized carbons (Fsp3) is 0.250. The molecule has 0 spiro atoms. The van der Waals surface area contributed by atoms with E-state index in [4.69, 9.17) is 18.9 Å². The first-order valence-electron chi connectivity index (χ1n) is 26.1. The van der Waals surface area contributed by atoms with E-state index in [2.05, 4.69) is 88.3 Å². The summed E-state index contributed by atoms with van der Waals surface area (Å²) in [5, 5.41) is 13.0. The third kappa shape index (κ3) is 12.0. The Kier molecular flexibility index (Phi) is 14.9. The van der Waals surface area contributed by atoms with Crippen molar-refractivity contribution in [2.24, 2.45) is 0 Å². The zero-order valence-electron chi connectivity index (χ0n) is 43.0. The van der Waals surface area contributed by atoms with Crippen molar-refractivity contribution in [2.75, 3.05) is 90.2 Å². The highest BCUT2D eigenvalue weighted by atomic mass is 16.5. The van der Waals surface area contributed by atoms with Gasteiger partial charge >= 0.3 is 0 Å². The Hall–Kier alpha value is -8.93. The van der Waals surface area contributed by atoms with Gasteiger partial charge in [-0.3, -0.25) is 24.4 Å². The molecule has 77 heavy (non-hydrogen) atoms. The van der Waals surface area contributed by atoms with Gasteiger partial charge in [0, 0.05) is 141 Å². The predicted molar refractivity (Wildman–Crippen MR) is 301 cm³/mol. The predicted octanol–water partition coefficient (Wildman–Crippen LogP) is 9.55. The summed E-state index contributed by atoms with van der Waals surface area (Å²) in [6, 6.07) is 35.8. The highest BCUT2D eigenvalue weighted by Gasteiger charge is 2.25. The summed E-state index contributed by atoms with van der Waals surface area (Å²) < 4.78 is 23.8. The minimum atomic E-state index is -0.142. The van der Waals surface area contributed by atoms with Gasteiger partial charge in [0.2, 0.25) is 17.0 Å². The minimum Gasteiger partial charge on any atom is -0.456 e. The van der Waals surface area contributed by atoms with E-state index in [1.54, 1.807) is 24.5 Å². The number of H-pyrrole nitrogens is 2. The maximum absolute atomic E-state index is 12.6. The standard InChI is InChI=1S/C30H29N5O4.C30H31N5O3/c1-19(36)33-24-11-20(16-31-18-24)17-32-23-5-6-28-22(13-23)12-21-3-2-4-26(30(21)39-28)27-14-25(15-29(37)34-27)35-7-9-38-10-8-35;1-2-32-24-12-20(17-31-19-24)18-33-23-6-7-28-22(14-23)13-21-4-3-5-26(30(21)38-28)27-15-25(16-29(36)34-27)35-8-10-37-11-9-35/h2-6,11,13-16,18,32H,7-10,12,17H2,1H3,(H,33,36)(H,34,37);3-7,12,14-17,19,32-33H,2,8-11,13,18H2,1H3,(H,34,36). The average molecular weight is 1030 g/mol. The minimum absolute atomic E-state index is 0.125. The molecule has 0 atom stereocenters. The highest BCUT2D eigenvalue weighted by molar-refractivity contribution is 5.88. The van der Waals surface area contributed by atoms with Gasteiger partial charge in [0.1, 0.15) is 23.0 Å². The van der Waals surface area contributed by atoms with Crippen molar-refractivity contribution >= 4 is 40.0 Å². The van der Waals surface area contributed by atoms with Gasteiger partial charge < -0.3 is 60.0 Å². The number of benzene rings is 4. The van der Waals surface area contributed by atoms with Crippen LogP contribution in [0.2, 0.25) is 0 Å². The molecule has 392 valence electrons. The number of nitrogens with zero attached hydrogens (tertiary/aromatic N) is 4. The molecule has 17 nitrogen and oxygen atoms in total. The Bertz CT molecular complexity index is 3570. The normalized spacial score (nSPS) is 14.2. The molecule has 0 bridgehead atoms. The van der Waals surface area contributed by atoms with Crippen molar-refractivity contribution < 1.29 is 23.7 Å². The van der Waals surface area contributed by atoms with Crippen molar-refractivity contribution in [1.82, 2.24) is 19.9 Å². The lowest BCUT2D eigenvalue weighted by molar-refractivity contribution is -0.114. The molecule has 4 aliphatic heterocycles. The molecule has 17 heteroatoms. The molecule has 4 aliphatic rings. The van der Waals surface area contributed by atoms with E-state index in [1.165, 1.54) is 6.92 Å². The maximum atomic E-state index is 12.6. The van der Waals surface area contributed by atoms with Crippen LogP contribution in [-0.4, -0.2) is 85.0 Å². The number of fused-ring (bicyclic) bond motifs is 4. The lowest BCUT2D eigenvalue weighted by Gasteiger charge is -2.29. The summed E-state index contributed by atoms with van der Waals surface area (Å²) in [4.78, 5) is 55.4. The molecule has 2 saturated heterocycles. The summed E-state index contributed by atoms with van der Waals surface area (Å²) in [6.45, 7) is 11.3. The Morgan fingerprint density at radius 2 is 1.03 bits per heavy atom.